The van der Waals surface area contributed by atoms with Crippen molar-refractivity contribution in [1.82, 2.24) is 14.8 Å². The number of rotatable bonds is 8. The number of benzene rings is 1. The van der Waals surface area contributed by atoms with E-state index in [0.717, 1.165) is 38.8 Å². The maximum absolute atomic E-state index is 12.3. The lowest BCUT2D eigenvalue weighted by Crippen LogP contribution is -2.14. The molecule has 0 aliphatic rings. The Hall–Kier alpha value is -1.99. The van der Waals surface area contributed by atoms with Gasteiger partial charge in [-0.05, 0) is 56.5 Å². The van der Waals surface area contributed by atoms with E-state index in [1.54, 1.807) is 0 Å². The molecule has 0 radical (unpaired) electrons. The lowest BCUT2D eigenvalue weighted by molar-refractivity contribution is -0.115. The molecule has 7 heteroatoms. The van der Waals surface area contributed by atoms with Crippen molar-refractivity contribution in [2.24, 2.45) is 0 Å². The van der Waals surface area contributed by atoms with Gasteiger partial charge in [0.25, 0.3) is 0 Å². The van der Waals surface area contributed by atoms with Crippen LogP contribution >= 0.6 is 27.3 Å². The number of nitrogens with zero attached hydrogens (tertiary/aromatic N) is 3. The fraction of sp³-hybridized carbons (Fsp3) is 0.381. The van der Waals surface area contributed by atoms with Gasteiger partial charge in [0.15, 0.2) is 0 Å². The normalized spacial score (nSPS) is 11.0. The van der Waals surface area contributed by atoms with Gasteiger partial charge in [-0.25, -0.2) is 9.67 Å². The molecule has 0 unspecified atom stereocenters. The summed E-state index contributed by atoms with van der Waals surface area (Å²) in [7, 11) is 0. The van der Waals surface area contributed by atoms with Gasteiger partial charge in [0, 0.05) is 21.2 Å². The Bertz CT molecular complexity index is 946. The third kappa shape index (κ3) is 5.08. The van der Waals surface area contributed by atoms with E-state index in [0.29, 0.717) is 0 Å². The van der Waals surface area contributed by atoms with Crippen LogP contribution < -0.4 is 5.32 Å². The van der Waals surface area contributed by atoms with Crippen LogP contribution in [0.2, 0.25) is 0 Å². The summed E-state index contributed by atoms with van der Waals surface area (Å²) in [4.78, 5) is 16.9. The third-order valence-electron chi connectivity index (χ3n) is 4.66. The number of aromatic nitrogens is 3. The molecule has 1 amide bonds. The molecule has 2 aromatic heterocycles. The second-order valence-corrected chi connectivity index (χ2v) is 8.62. The average Bonchev–Trinajstić information content (AvgIpc) is 3.22. The van der Waals surface area contributed by atoms with E-state index in [1.807, 2.05) is 34.3 Å². The monoisotopic (exact) mass is 460 g/mol. The Morgan fingerprint density at radius 1 is 1.21 bits per heavy atom. The molecule has 3 rings (SSSR count). The van der Waals surface area contributed by atoms with Crippen LogP contribution in [0.25, 0.3) is 5.13 Å². The van der Waals surface area contributed by atoms with Crippen LogP contribution in [0.5, 0.6) is 0 Å². The minimum Gasteiger partial charge on any atom is -0.326 e. The number of amides is 1. The maximum Gasteiger partial charge on any atom is 0.230 e. The van der Waals surface area contributed by atoms with Crippen molar-refractivity contribution in [3.8, 4) is 5.13 Å². The van der Waals surface area contributed by atoms with Gasteiger partial charge < -0.3 is 5.32 Å². The number of nitrogens with one attached hydrogen (secondary N) is 1. The summed E-state index contributed by atoms with van der Waals surface area (Å²) in [5.74, 6) is -0.0761. The van der Waals surface area contributed by atoms with E-state index >= 15 is 0 Å². The molecule has 0 fully saturated rings. The lowest BCUT2D eigenvalue weighted by atomic mass is 10.1. The van der Waals surface area contributed by atoms with Gasteiger partial charge in [0.2, 0.25) is 11.0 Å². The Morgan fingerprint density at radius 2 is 1.96 bits per heavy atom. The van der Waals surface area contributed by atoms with Crippen LogP contribution in [0.4, 0.5) is 5.69 Å². The largest absolute Gasteiger partial charge is 0.326 e. The first-order valence-electron chi connectivity index (χ1n) is 9.53. The fourth-order valence-corrected chi connectivity index (χ4v) is 4.24. The molecule has 1 N–H and O–H groups in total. The predicted octanol–water partition coefficient (Wildman–Crippen LogP) is 5.62. The van der Waals surface area contributed by atoms with Crippen molar-refractivity contribution in [2.75, 3.05) is 5.32 Å². The van der Waals surface area contributed by atoms with E-state index in [4.69, 9.17) is 0 Å². The Balaban J connectivity index is 1.67. The van der Waals surface area contributed by atoms with Crippen LogP contribution in [0.3, 0.4) is 0 Å². The highest BCUT2D eigenvalue weighted by molar-refractivity contribution is 9.10. The number of carbonyl (C=O) groups is 1. The van der Waals surface area contributed by atoms with Crippen molar-refractivity contribution in [3.05, 3.63) is 56.8 Å². The average molecular weight is 461 g/mol. The first-order valence-corrected chi connectivity index (χ1v) is 11.2. The molecule has 0 spiro atoms. The first kappa shape index (κ1) is 20.7. The SMILES string of the molecule is CCCCCc1c(C)nn(-c2nc(CC(=O)Nc3ccc(Br)cc3)cs2)c1C. The predicted molar refractivity (Wildman–Crippen MR) is 118 cm³/mol. The second kappa shape index (κ2) is 9.47. The fourth-order valence-electron chi connectivity index (χ4n) is 3.15. The van der Waals surface area contributed by atoms with Crippen LogP contribution in [-0.2, 0) is 17.6 Å². The van der Waals surface area contributed by atoms with E-state index in [9.17, 15) is 4.79 Å². The number of hydrogen-bond donors (Lipinski definition) is 1. The molecule has 0 aliphatic heterocycles. The standard InChI is InChI=1S/C21H25BrN4OS/c1-4-5-6-7-19-14(2)25-26(15(19)3)21-24-18(13-28-21)12-20(27)23-17-10-8-16(22)9-11-17/h8-11,13H,4-7,12H2,1-3H3,(H,23,27). The van der Waals surface area contributed by atoms with E-state index in [2.05, 4.69) is 52.1 Å². The van der Waals surface area contributed by atoms with Gasteiger partial charge in [0.05, 0.1) is 17.8 Å². The Labute approximate surface area is 178 Å². The number of unbranched alkanes of at least 4 members (excludes halogenated alkanes) is 2. The molecular formula is C21H25BrN4OS. The van der Waals surface area contributed by atoms with Crippen molar-refractivity contribution in [2.45, 2.75) is 52.9 Å². The smallest absolute Gasteiger partial charge is 0.230 e. The zero-order valence-electron chi connectivity index (χ0n) is 16.5. The zero-order chi connectivity index (χ0) is 20.1. The molecule has 0 saturated heterocycles. The minimum absolute atomic E-state index is 0.0761. The number of anilines is 1. The Kier molecular flexibility index (Phi) is 7.02. The van der Waals surface area contributed by atoms with Crippen molar-refractivity contribution >= 4 is 38.9 Å². The summed E-state index contributed by atoms with van der Waals surface area (Å²) in [6.07, 6.45) is 4.93. The van der Waals surface area contributed by atoms with Crippen LogP contribution in [0, 0.1) is 13.8 Å². The van der Waals surface area contributed by atoms with Crippen LogP contribution in [0.15, 0.2) is 34.1 Å². The molecule has 148 valence electrons. The molecule has 1 aromatic carbocycles. The molecule has 2 heterocycles. The van der Waals surface area contributed by atoms with Gasteiger partial charge in [-0.3, -0.25) is 4.79 Å². The molecule has 3 aromatic rings. The number of aryl methyl sites for hydroxylation is 1. The molecule has 0 saturated carbocycles. The molecule has 5 nitrogen and oxygen atoms in total. The third-order valence-corrected chi connectivity index (χ3v) is 6.06. The van der Waals surface area contributed by atoms with E-state index in [1.165, 1.54) is 36.2 Å². The topological polar surface area (TPSA) is 59.8 Å². The molecule has 0 atom stereocenters. The van der Waals surface area contributed by atoms with Gasteiger partial charge >= 0.3 is 0 Å². The van der Waals surface area contributed by atoms with Crippen molar-refractivity contribution in [1.29, 1.82) is 0 Å². The quantitative estimate of drug-likeness (QED) is 0.443. The molecule has 0 bridgehead atoms. The van der Waals surface area contributed by atoms with E-state index in [-0.39, 0.29) is 12.3 Å². The number of halogens is 1. The minimum atomic E-state index is -0.0761. The number of carbonyl (C=O) groups excluding carboxylic acids is 1. The maximum atomic E-state index is 12.3. The summed E-state index contributed by atoms with van der Waals surface area (Å²) < 4.78 is 2.89. The van der Waals surface area contributed by atoms with Crippen molar-refractivity contribution < 1.29 is 4.79 Å². The highest BCUT2D eigenvalue weighted by atomic mass is 79.9. The highest BCUT2D eigenvalue weighted by Crippen LogP contribution is 2.23. The summed E-state index contributed by atoms with van der Waals surface area (Å²) in [5.41, 5.74) is 5.07. The second-order valence-electron chi connectivity index (χ2n) is 6.87. The van der Waals surface area contributed by atoms with Gasteiger partial charge in [-0.15, -0.1) is 11.3 Å². The molecule has 28 heavy (non-hydrogen) atoms. The van der Waals surface area contributed by atoms with E-state index < -0.39 is 0 Å². The summed E-state index contributed by atoms with van der Waals surface area (Å²) in [6.45, 7) is 6.38. The van der Waals surface area contributed by atoms with Gasteiger partial charge in [-0.1, -0.05) is 35.7 Å². The first-order chi connectivity index (χ1) is 13.5. The van der Waals surface area contributed by atoms with Crippen LogP contribution in [-0.4, -0.2) is 20.7 Å². The zero-order valence-corrected chi connectivity index (χ0v) is 18.9. The van der Waals surface area contributed by atoms with Crippen molar-refractivity contribution in [3.63, 3.8) is 0 Å². The number of thiazole rings is 1. The summed E-state index contributed by atoms with van der Waals surface area (Å²) in [5, 5.41) is 10.3. The Morgan fingerprint density at radius 3 is 2.68 bits per heavy atom. The molecular weight excluding hydrogens is 436 g/mol. The van der Waals surface area contributed by atoms with Gasteiger partial charge in [0.1, 0.15) is 0 Å². The summed E-state index contributed by atoms with van der Waals surface area (Å²) in [6, 6.07) is 7.53. The number of hydrogen-bond acceptors (Lipinski definition) is 4. The van der Waals surface area contributed by atoms with Gasteiger partial charge in [-0.2, -0.15) is 5.10 Å². The van der Waals surface area contributed by atoms with Crippen LogP contribution in [0.1, 0.15) is 48.8 Å². The summed E-state index contributed by atoms with van der Waals surface area (Å²) >= 11 is 4.91. The highest BCUT2D eigenvalue weighted by Gasteiger charge is 2.16. The lowest BCUT2D eigenvalue weighted by Gasteiger charge is -2.04. The molecule has 0 aliphatic carbocycles.